The molecule has 0 saturated heterocycles. The van der Waals surface area contributed by atoms with Gasteiger partial charge in [-0.3, -0.25) is 0 Å². The maximum absolute atomic E-state index is 12.3. The number of carbonyl (C=O) groups is 2. The molecule has 2 aromatic carbocycles. The molecule has 7 nitrogen and oxygen atoms in total. The van der Waals surface area contributed by atoms with Gasteiger partial charge in [0.05, 0.1) is 11.1 Å². The predicted octanol–water partition coefficient (Wildman–Crippen LogP) is 4.30. The number of esters is 2. The second-order valence-corrected chi connectivity index (χ2v) is 6.35. The lowest BCUT2D eigenvalue weighted by atomic mass is 9.90. The molecule has 0 N–H and O–H groups in total. The van der Waals surface area contributed by atoms with E-state index in [4.69, 9.17) is 15.0 Å². The second kappa shape index (κ2) is 8.87. The lowest BCUT2D eigenvalue weighted by molar-refractivity contribution is -0.0215. The molecule has 0 spiro atoms. The second-order valence-electron chi connectivity index (χ2n) is 6.35. The number of azide groups is 1. The Labute approximate surface area is 156 Å². The molecule has 1 aliphatic carbocycles. The minimum Gasteiger partial charge on any atom is -0.459 e. The average molecular weight is 365 g/mol. The summed E-state index contributed by atoms with van der Waals surface area (Å²) in [6.45, 7) is 0. The maximum Gasteiger partial charge on any atom is 0.338 e. The zero-order valence-corrected chi connectivity index (χ0v) is 14.6. The highest BCUT2D eigenvalue weighted by Gasteiger charge is 2.33. The van der Waals surface area contributed by atoms with Crippen LogP contribution in [0.25, 0.3) is 10.4 Å². The van der Waals surface area contributed by atoms with Gasteiger partial charge in [0.15, 0.2) is 0 Å². The lowest BCUT2D eigenvalue weighted by Crippen LogP contribution is -2.37. The first kappa shape index (κ1) is 18.5. The summed E-state index contributed by atoms with van der Waals surface area (Å²) in [7, 11) is 0. The van der Waals surface area contributed by atoms with Crippen molar-refractivity contribution in [2.45, 2.75) is 37.5 Å². The molecule has 3 rings (SSSR count). The fraction of sp³-hybridized carbons (Fsp3) is 0.300. The molecule has 1 saturated carbocycles. The minimum atomic E-state index is -0.490. The van der Waals surface area contributed by atoms with Crippen LogP contribution in [-0.2, 0) is 9.47 Å². The monoisotopic (exact) mass is 365 g/mol. The van der Waals surface area contributed by atoms with Gasteiger partial charge in [0.25, 0.3) is 0 Å². The Bertz CT molecular complexity index is 773. The number of benzene rings is 2. The summed E-state index contributed by atoms with van der Waals surface area (Å²) in [6, 6.07) is 16.9. The molecule has 7 heteroatoms. The van der Waals surface area contributed by atoms with Gasteiger partial charge in [0.2, 0.25) is 0 Å². The number of rotatable bonds is 5. The SMILES string of the molecule is [N-]=[N+]=NC1C[C@@H](OC(=O)c2ccccc2)C[C@@H](OC(=O)c2ccccc2)C1. The number of nitrogens with zero attached hydrogens (tertiary/aromatic N) is 3. The lowest BCUT2D eigenvalue weighted by Gasteiger charge is -2.32. The topological polar surface area (TPSA) is 101 Å². The van der Waals surface area contributed by atoms with E-state index in [1.54, 1.807) is 48.5 Å². The quantitative estimate of drug-likeness (QED) is 0.341. The Morgan fingerprint density at radius 1 is 0.815 bits per heavy atom. The van der Waals surface area contributed by atoms with Gasteiger partial charge in [0.1, 0.15) is 12.2 Å². The van der Waals surface area contributed by atoms with Crippen molar-refractivity contribution in [3.05, 3.63) is 82.2 Å². The van der Waals surface area contributed by atoms with E-state index in [-0.39, 0.29) is 0 Å². The van der Waals surface area contributed by atoms with Crippen LogP contribution in [-0.4, -0.2) is 30.2 Å². The summed E-state index contributed by atoms with van der Waals surface area (Å²) >= 11 is 0. The molecule has 3 atom stereocenters. The molecule has 0 aromatic heterocycles. The Hall–Kier alpha value is -3.31. The van der Waals surface area contributed by atoms with Crippen LogP contribution in [0.3, 0.4) is 0 Å². The summed E-state index contributed by atoms with van der Waals surface area (Å²) in [4.78, 5) is 27.4. The van der Waals surface area contributed by atoms with Gasteiger partial charge in [-0.15, -0.1) is 0 Å². The highest BCUT2D eigenvalue weighted by Crippen LogP contribution is 2.28. The van der Waals surface area contributed by atoms with Gasteiger partial charge in [0, 0.05) is 17.4 Å². The standard InChI is InChI=1S/C20H19N3O4/c21-23-22-16-11-17(26-19(24)14-7-3-1-4-8-14)13-18(12-16)27-20(25)15-9-5-2-6-10-15/h1-10,16-18H,11-13H2/t16?,17-,18+. The van der Waals surface area contributed by atoms with Crippen LogP contribution in [0.1, 0.15) is 40.0 Å². The predicted molar refractivity (Wildman–Crippen MR) is 98.1 cm³/mol. The van der Waals surface area contributed by atoms with E-state index >= 15 is 0 Å². The van der Waals surface area contributed by atoms with Crippen molar-refractivity contribution in [1.29, 1.82) is 0 Å². The van der Waals surface area contributed by atoms with E-state index in [9.17, 15) is 9.59 Å². The fourth-order valence-corrected chi connectivity index (χ4v) is 3.14. The van der Waals surface area contributed by atoms with Crippen LogP contribution >= 0.6 is 0 Å². The van der Waals surface area contributed by atoms with Crippen molar-refractivity contribution in [2.24, 2.45) is 5.11 Å². The highest BCUT2D eigenvalue weighted by atomic mass is 16.6. The Morgan fingerprint density at radius 2 is 1.26 bits per heavy atom. The van der Waals surface area contributed by atoms with Crippen molar-refractivity contribution in [3.8, 4) is 0 Å². The Kier molecular flexibility index (Phi) is 6.07. The normalized spacial score (nSPS) is 21.6. The number of carbonyl (C=O) groups excluding carboxylic acids is 2. The van der Waals surface area contributed by atoms with E-state index in [1.165, 1.54) is 0 Å². The van der Waals surface area contributed by atoms with Crippen molar-refractivity contribution in [3.63, 3.8) is 0 Å². The molecule has 2 aromatic rings. The van der Waals surface area contributed by atoms with Crippen molar-refractivity contribution < 1.29 is 19.1 Å². The highest BCUT2D eigenvalue weighted by molar-refractivity contribution is 5.90. The zero-order valence-electron chi connectivity index (χ0n) is 14.6. The summed E-state index contributed by atoms with van der Waals surface area (Å²) in [5.74, 6) is -0.898. The maximum atomic E-state index is 12.3. The molecule has 0 amide bonds. The smallest absolute Gasteiger partial charge is 0.338 e. The number of hydrogen-bond acceptors (Lipinski definition) is 5. The Balaban J connectivity index is 1.67. The fourth-order valence-electron chi connectivity index (χ4n) is 3.14. The van der Waals surface area contributed by atoms with Gasteiger partial charge < -0.3 is 9.47 Å². The molecule has 1 unspecified atom stereocenters. The largest absolute Gasteiger partial charge is 0.459 e. The zero-order chi connectivity index (χ0) is 19.1. The van der Waals surface area contributed by atoms with E-state index < -0.39 is 30.2 Å². The van der Waals surface area contributed by atoms with Crippen LogP contribution in [0, 0.1) is 0 Å². The summed E-state index contributed by atoms with van der Waals surface area (Å²) < 4.78 is 11.1. The van der Waals surface area contributed by atoms with Gasteiger partial charge in [-0.05, 0) is 42.6 Å². The molecule has 0 heterocycles. The summed E-state index contributed by atoms with van der Waals surface area (Å²) in [5, 5.41) is 3.74. The molecular formula is C20H19N3O4. The molecule has 0 aliphatic heterocycles. The van der Waals surface area contributed by atoms with Gasteiger partial charge in [-0.25, -0.2) is 9.59 Å². The summed E-state index contributed by atoms with van der Waals surface area (Å²) in [5.41, 5.74) is 9.64. The van der Waals surface area contributed by atoms with Gasteiger partial charge >= 0.3 is 11.9 Å². The van der Waals surface area contributed by atoms with Gasteiger partial charge in [-0.2, -0.15) is 0 Å². The third kappa shape index (κ3) is 5.09. The van der Waals surface area contributed by atoms with E-state index in [0.29, 0.717) is 30.4 Å². The van der Waals surface area contributed by atoms with Crippen molar-refractivity contribution in [2.75, 3.05) is 0 Å². The van der Waals surface area contributed by atoms with Gasteiger partial charge in [-0.1, -0.05) is 41.5 Å². The van der Waals surface area contributed by atoms with E-state index in [0.717, 1.165) is 0 Å². The molecule has 0 bridgehead atoms. The number of hydrogen-bond donors (Lipinski definition) is 0. The third-order valence-corrected chi connectivity index (χ3v) is 4.38. The van der Waals surface area contributed by atoms with E-state index in [2.05, 4.69) is 10.0 Å². The number of ether oxygens (including phenoxy) is 2. The van der Waals surface area contributed by atoms with Crippen LogP contribution in [0.5, 0.6) is 0 Å². The molecule has 138 valence electrons. The molecule has 27 heavy (non-hydrogen) atoms. The van der Waals surface area contributed by atoms with E-state index in [1.807, 2.05) is 12.1 Å². The Morgan fingerprint density at radius 3 is 1.67 bits per heavy atom. The molecule has 0 radical (unpaired) electrons. The molecule has 1 aliphatic rings. The first-order valence-corrected chi connectivity index (χ1v) is 8.72. The molecule has 1 fully saturated rings. The molecular weight excluding hydrogens is 346 g/mol. The first-order chi connectivity index (χ1) is 13.2. The van der Waals surface area contributed by atoms with Crippen LogP contribution in [0.2, 0.25) is 0 Å². The minimum absolute atomic E-state index is 0.370. The first-order valence-electron chi connectivity index (χ1n) is 8.72. The van der Waals surface area contributed by atoms with Crippen molar-refractivity contribution >= 4 is 11.9 Å². The average Bonchev–Trinajstić information content (AvgIpc) is 2.69. The van der Waals surface area contributed by atoms with Crippen LogP contribution in [0.15, 0.2) is 65.8 Å². The van der Waals surface area contributed by atoms with Crippen molar-refractivity contribution in [1.82, 2.24) is 0 Å². The third-order valence-electron chi connectivity index (χ3n) is 4.38. The van der Waals surface area contributed by atoms with Crippen LogP contribution < -0.4 is 0 Å². The summed E-state index contributed by atoms with van der Waals surface area (Å²) in [6.07, 6.45) is 0.199. The van der Waals surface area contributed by atoms with Crippen LogP contribution in [0.4, 0.5) is 0 Å².